The molecule has 0 unspecified atom stereocenters. The van der Waals surface area contributed by atoms with Crippen LogP contribution in [0.4, 0.5) is 10.2 Å². The van der Waals surface area contributed by atoms with E-state index in [9.17, 15) is 14.4 Å². The molecule has 0 spiro atoms. The van der Waals surface area contributed by atoms with E-state index in [1.807, 2.05) is 11.9 Å². The monoisotopic (exact) mass is 406 g/mol. The third-order valence-corrected chi connectivity index (χ3v) is 4.81. The quantitative estimate of drug-likeness (QED) is 0.646. The molecule has 8 heteroatoms. The highest BCUT2D eigenvalue weighted by Crippen LogP contribution is 2.27. The van der Waals surface area contributed by atoms with Gasteiger partial charge in [0, 0.05) is 32.3 Å². The van der Waals surface area contributed by atoms with E-state index >= 15 is 0 Å². The molecule has 0 radical (unpaired) electrons. The van der Waals surface area contributed by atoms with Crippen LogP contribution in [0.15, 0.2) is 53.3 Å². The van der Waals surface area contributed by atoms with Crippen LogP contribution in [0.3, 0.4) is 0 Å². The fourth-order valence-corrected chi connectivity index (χ4v) is 3.31. The van der Waals surface area contributed by atoms with Gasteiger partial charge in [-0.15, -0.1) is 0 Å². The molecule has 0 amide bonds. The topological polar surface area (TPSA) is 80.4 Å². The maximum Gasteiger partial charge on any atom is 0.352 e. The van der Waals surface area contributed by atoms with Crippen LogP contribution in [0.25, 0.3) is 0 Å². The average molecular weight is 406 g/mol. The molecule has 0 saturated carbocycles. The van der Waals surface area contributed by atoms with Gasteiger partial charge in [-0.2, -0.15) is 10.2 Å². The summed E-state index contributed by atoms with van der Waals surface area (Å²) in [6.07, 6.45) is 0.895. The van der Waals surface area contributed by atoms with Gasteiger partial charge in [0.2, 0.25) is 5.88 Å². The summed E-state index contributed by atoms with van der Waals surface area (Å²) in [7, 11) is 1.92. The van der Waals surface area contributed by atoms with Gasteiger partial charge in [0.15, 0.2) is 0 Å². The van der Waals surface area contributed by atoms with E-state index in [0.717, 1.165) is 18.8 Å². The number of hydrogen-bond acceptors (Lipinski definition) is 6. The highest BCUT2D eigenvalue weighted by Gasteiger charge is 2.17. The molecule has 0 saturated heterocycles. The molecule has 2 aromatic carbocycles. The highest BCUT2D eigenvalue weighted by molar-refractivity contribution is 5.47. The standard InChI is InChI=1S/C22H19FN4O3/c1-26-8-3-9-27-21(26)12-20(25-22(27)28)29-14-15-6-7-19(16(10-15)13-24)30-18-5-2-4-17(23)11-18/h2,4-7,10-12H,3,8-9,14H2,1H3. The molecule has 152 valence electrons. The van der Waals surface area contributed by atoms with Gasteiger partial charge in [0.05, 0.1) is 5.56 Å². The largest absolute Gasteiger partial charge is 0.473 e. The average Bonchev–Trinajstić information content (AvgIpc) is 2.74. The lowest BCUT2D eigenvalue weighted by Crippen LogP contribution is -2.36. The number of halogens is 1. The number of rotatable bonds is 5. The van der Waals surface area contributed by atoms with E-state index in [1.165, 1.54) is 18.2 Å². The number of benzene rings is 2. The first kappa shape index (κ1) is 19.5. The van der Waals surface area contributed by atoms with Crippen molar-refractivity contribution in [3.63, 3.8) is 0 Å². The SMILES string of the molecule is CN1CCCn2c1cc(OCc1ccc(Oc3cccc(F)c3)c(C#N)c1)nc2=O. The molecule has 0 atom stereocenters. The fourth-order valence-electron chi connectivity index (χ4n) is 3.31. The van der Waals surface area contributed by atoms with Gasteiger partial charge in [0.1, 0.15) is 35.8 Å². The third kappa shape index (κ3) is 4.10. The van der Waals surface area contributed by atoms with Gasteiger partial charge in [-0.3, -0.25) is 4.57 Å². The van der Waals surface area contributed by atoms with Gasteiger partial charge in [-0.05, 0) is 36.2 Å². The number of nitriles is 1. The van der Waals surface area contributed by atoms with Crippen LogP contribution in [0.2, 0.25) is 0 Å². The Kier molecular flexibility index (Phi) is 5.35. The van der Waals surface area contributed by atoms with E-state index in [2.05, 4.69) is 11.1 Å². The Morgan fingerprint density at radius 3 is 2.87 bits per heavy atom. The summed E-state index contributed by atoms with van der Waals surface area (Å²) in [6, 6.07) is 14.5. The molecule has 4 rings (SSSR count). The van der Waals surface area contributed by atoms with Crippen molar-refractivity contribution in [3.05, 3.63) is 76.0 Å². The second-order valence-electron chi connectivity index (χ2n) is 6.95. The number of aromatic nitrogens is 2. The Bertz CT molecular complexity index is 1190. The molecule has 3 aromatic rings. The van der Waals surface area contributed by atoms with Crippen molar-refractivity contribution in [2.45, 2.75) is 19.6 Å². The minimum absolute atomic E-state index is 0.133. The van der Waals surface area contributed by atoms with E-state index in [0.29, 0.717) is 29.2 Å². The summed E-state index contributed by atoms with van der Waals surface area (Å²) >= 11 is 0. The maximum atomic E-state index is 13.3. The van der Waals surface area contributed by atoms with Crippen LogP contribution in [0.5, 0.6) is 17.4 Å². The summed E-state index contributed by atoms with van der Waals surface area (Å²) in [6.45, 7) is 1.64. The molecular weight excluding hydrogens is 387 g/mol. The molecule has 0 N–H and O–H groups in total. The predicted molar refractivity (Wildman–Crippen MR) is 108 cm³/mol. The smallest absolute Gasteiger partial charge is 0.352 e. The van der Waals surface area contributed by atoms with Crippen LogP contribution in [-0.4, -0.2) is 23.1 Å². The summed E-state index contributed by atoms with van der Waals surface area (Å²) in [5.74, 6) is 1.21. The third-order valence-electron chi connectivity index (χ3n) is 4.81. The summed E-state index contributed by atoms with van der Waals surface area (Å²) in [5.41, 5.74) is 0.662. The fraction of sp³-hybridized carbons (Fsp3) is 0.227. The zero-order chi connectivity index (χ0) is 21.1. The van der Waals surface area contributed by atoms with Crippen molar-refractivity contribution in [3.8, 4) is 23.4 Å². The predicted octanol–water partition coefficient (Wildman–Crippen LogP) is 3.47. The Balaban J connectivity index is 1.51. The number of nitrogens with zero attached hydrogens (tertiary/aromatic N) is 4. The minimum atomic E-state index is -0.421. The van der Waals surface area contributed by atoms with Crippen molar-refractivity contribution >= 4 is 5.82 Å². The molecule has 0 bridgehead atoms. The first-order valence-corrected chi connectivity index (χ1v) is 9.46. The lowest BCUT2D eigenvalue weighted by atomic mass is 10.1. The molecule has 1 aliphatic rings. The minimum Gasteiger partial charge on any atom is -0.473 e. The van der Waals surface area contributed by atoms with Crippen molar-refractivity contribution in [1.82, 2.24) is 9.55 Å². The highest BCUT2D eigenvalue weighted by atomic mass is 19.1. The molecule has 1 aliphatic heterocycles. The van der Waals surface area contributed by atoms with Gasteiger partial charge in [-0.1, -0.05) is 12.1 Å². The van der Waals surface area contributed by atoms with Gasteiger partial charge in [0.25, 0.3) is 0 Å². The number of fused-ring (bicyclic) bond motifs is 1. The Labute approximate surface area is 172 Å². The molecule has 7 nitrogen and oxygen atoms in total. The van der Waals surface area contributed by atoms with Crippen LogP contribution in [0.1, 0.15) is 17.5 Å². The first-order chi connectivity index (χ1) is 14.5. The lowest BCUT2D eigenvalue weighted by Gasteiger charge is -2.28. The summed E-state index contributed by atoms with van der Waals surface area (Å²) in [4.78, 5) is 18.2. The van der Waals surface area contributed by atoms with Crippen LogP contribution < -0.4 is 20.1 Å². The van der Waals surface area contributed by atoms with Gasteiger partial charge in [-0.25, -0.2) is 9.18 Å². The summed E-state index contributed by atoms with van der Waals surface area (Å²) < 4.78 is 26.3. The normalized spacial score (nSPS) is 12.8. The second kappa shape index (κ2) is 8.25. The van der Waals surface area contributed by atoms with E-state index in [1.54, 1.807) is 34.9 Å². The second-order valence-corrected chi connectivity index (χ2v) is 6.95. The van der Waals surface area contributed by atoms with Crippen LogP contribution >= 0.6 is 0 Å². The van der Waals surface area contributed by atoms with Crippen LogP contribution in [-0.2, 0) is 13.2 Å². The molecule has 0 fully saturated rings. The Hall–Kier alpha value is -3.86. The lowest BCUT2D eigenvalue weighted by molar-refractivity contribution is 0.290. The maximum absolute atomic E-state index is 13.3. The van der Waals surface area contributed by atoms with E-state index in [4.69, 9.17) is 9.47 Å². The van der Waals surface area contributed by atoms with Crippen molar-refractivity contribution in [2.75, 3.05) is 18.5 Å². The van der Waals surface area contributed by atoms with Crippen LogP contribution in [0, 0.1) is 17.1 Å². The number of ether oxygens (including phenoxy) is 2. The number of anilines is 1. The van der Waals surface area contributed by atoms with E-state index < -0.39 is 5.82 Å². The summed E-state index contributed by atoms with van der Waals surface area (Å²) in [5, 5.41) is 9.45. The number of hydrogen-bond donors (Lipinski definition) is 0. The van der Waals surface area contributed by atoms with E-state index in [-0.39, 0.29) is 18.2 Å². The molecule has 2 heterocycles. The molecule has 1 aromatic heterocycles. The van der Waals surface area contributed by atoms with Gasteiger partial charge >= 0.3 is 5.69 Å². The Morgan fingerprint density at radius 1 is 1.20 bits per heavy atom. The van der Waals surface area contributed by atoms with Crippen molar-refractivity contribution in [1.29, 1.82) is 5.26 Å². The Morgan fingerprint density at radius 2 is 2.07 bits per heavy atom. The zero-order valence-electron chi connectivity index (χ0n) is 16.3. The van der Waals surface area contributed by atoms with Crippen molar-refractivity contribution < 1.29 is 13.9 Å². The molecule has 30 heavy (non-hydrogen) atoms. The first-order valence-electron chi connectivity index (χ1n) is 9.46. The molecular formula is C22H19FN4O3. The zero-order valence-corrected chi connectivity index (χ0v) is 16.3. The molecule has 0 aliphatic carbocycles. The van der Waals surface area contributed by atoms with Gasteiger partial charge < -0.3 is 14.4 Å². The van der Waals surface area contributed by atoms with Crippen molar-refractivity contribution in [2.24, 2.45) is 0 Å².